The van der Waals surface area contributed by atoms with E-state index in [2.05, 4.69) is 13.2 Å². The van der Waals surface area contributed by atoms with Crippen LogP contribution >= 0.6 is 7.60 Å². The summed E-state index contributed by atoms with van der Waals surface area (Å²) >= 11 is 0. The molecule has 0 aliphatic heterocycles. The number of aliphatic hydroxyl groups is 1. The molecule has 1 N–H and O–H groups in total. The molecule has 0 saturated carbocycles. The van der Waals surface area contributed by atoms with Crippen LogP contribution in [0.5, 0.6) is 0 Å². The lowest BCUT2D eigenvalue weighted by Crippen LogP contribution is -3.00. The van der Waals surface area contributed by atoms with Gasteiger partial charge in [0.25, 0.3) is 0 Å². The molecular formula is C20H33ClNO6P. The Hall–Kier alpha value is -1.02. The predicted octanol–water partition coefficient (Wildman–Crippen LogP) is 0.870. The monoisotopic (exact) mass is 449 g/mol. The molecule has 7 nitrogen and oxygen atoms in total. The molecule has 0 amide bonds. The molecule has 1 rings (SSSR count). The SMILES string of the molecule is C=CC[N+](CC=C)(Cc1ccccc1)CC(O)CP(=O)(OOCC)OOCC.[Cl-]. The highest BCUT2D eigenvalue weighted by Crippen LogP contribution is 2.49. The molecule has 1 aromatic rings. The molecular weight excluding hydrogens is 417 g/mol. The fraction of sp³-hybridized carbons (Fsp3) is 0.500. The quantitative estimate of drug-likeness (QED) is 0.133. The fourth-order valence-corrected chi connectivity index (χ4v) is 4.35. The highest BCUT2D eigenvalue weighted by molar-refractivity contribution is 7.53. The topological polar surface area (TPSA) is 74.2 Å². The Kier molecular flexibility index (Phi) is 14.4. The van der Waals surface area contributed by atoms with Crippen molar-refractivity contribution in [1.82, 2.24) is 0 Å². The normalized spacial score (nSPS) is 12.8. The molecule has 0 radical (unpaired) electrons. The van der Waals surface area contributed by atoms with Gasteiger partial charge in [-0.25, -0.2) is 9.78 Å². The maximum absolute atomic E-state index is 12.8. The summed E-state index contributed by atoms with van der Waals surface area (Å²) in [4.78, 5) is 9.60. The maximum Gasteiger partial charge on any atom is 0.387 e. The van der Waals surface area contributed by atoms with Gasteiger partial charge in [0.15, 0.2) is 0 Å². The summed E-state index contributed by atoms with van der Waals surface area (Å²) in [6.45, 7) is 13.7. The predicted molar refractivity (Wildman–Crippen MR) is 109 cm³/mol. The van der Waals surface area contributed by atoms with Crippen LogP contribution in [0.1, 0.15) is 19.4 Å². The van der Waals surface area contributed by atoms with Crippen molar-refractivity contribution in [3.8, 4) is 0 Å². The molecule has 0 aromatic heterocycles. The molecule has 0 spiro atoms. The lowest BCUT2D eigenvalue weighted by atomic mass is 10.1. The molecule has 0 fully saturated rings. The van der Waals surface area contributed by atoms with E-state index in [1.165, 1.54) is 0 Å². The van der Waals surface area contributed by atoms with E-state index in [1.807, 2.05) is 42.5 Å². The van der Waals surface area contributed by atoms with Gasteiger partial charge in [0.2, 0.25) is 0 Å². The van der Waals surface area contributed by atoms with Crippen LogP contribution in [0.15, 0.2) is 55.6 Å². The summed E-state index contributed by atoms with van der Waals surface area (Å²) in [6, 6.07) is 9.98. The largest absolute Gasteiger partial charge is 1.00 e. The molecule has 0 heterocycles. The highest BCUT2D eigenvalue weighted by atomic mass is 35.5. The van der Waals surface area contributed by atoms with E-state index in [4.69, 9.17) is 19.1 Å². The third-order valence-electron chi connectivity index (χ3n) is 3.99. The lowest BCUT2D eigenvalue weighted by molar-refractivity contribution is -0.932. The molecule has 1 unspecified atom stereocenters. The van der Waals surface area contributed by atoms with Gasteiger partial charge >= 0.3 is 7.60 Å². The van der Waals surface area contributed by atoms with Crippen LogP contribution in [-0.2, 0) is 30.2 Å². The van der Waals surface area contributed by atoms with Crippen molar-refractivity contribution >= 4 is 7.60 Å². The van der Waals surface area contributed by atoms with Gasteiger partial charge in [-0.1, -0.05) is 43.5 Å². The fourth-order valence-electron chi connectivity index (χ4n) is 3.04. The van der Waals surface area contributed by atoms with E-state index in [1.54, 1.807) is 13.8 Å². The van der Waals surface area contributed by atoms with Crippen molar-refractivity contribution in [3.63, 3.8) is 0 Å². The summed E-state index contributed by atoms with van der Waals surface area (Å²) in [7, 11) is -3.77. The Labute approximate surface area is 180 Å². The molecule has 0 aliphatic rings. The van der Waals surface area contributed by atoms with Crippen LogP contribution in [0.25, 0.3) is 0 Å². The zero-order chi connectivity index (χ0) is 20.9. The number of halogens is 1. The van der Waals surface area contributed by atoms with Crippen LogP contribution < -0.4 is 12.4 Å². The first-order valence-electron chi connectivity index (χ1n) is 9.43. The summed E-state index contributed by atoms with van der Waals surface area (Å²) in [5, 5.41) is 10.7. The summed E-state index contributed by atoms with van der Waals surface area (Å²) in [5.41, 5.74) is 1.12. The first-order valence-corrected chi connectivity index (χ1v) is 11.2. The maximum atomic E-state index is 12.8. The van der Waals surface area contributed by atoms with Crippen LogP contribution in [0.2, 0.25) is 0 Å². The van der Waals surface area contributed by atoms with Crippen molar-refractivity contribution in [1.29, 1.82) is 0 Å². The van der Waals surface area contributed by atoms with Crippen LogP contribution in [0.3, 0.4) is 0 Å². The molecule has 1 aromatic carbocycles. The van der Waals surface area contributed by atoms with Crippen molar-refractivity contribution in [2.75, 3.05) is 39.0 Å². The van der Waals surface area contributed by atoms with Crippen LogP contribution in [0, 0.1) is 0 Å². The number of quaternary nitrogens is 1. The molecule has 166 valence electrons. The zero-order valence-corrected chi connectivity index (χ0v) is 18.9. The van der Waals surface area contributed by atoms with E-state index in [0.29, 0.717) is 30.7 Å². The third kappa shape index (κ3) is 10.5. The summed E-state index contributed by atoms with van der Waals surface area (Å²) in [6.07, 6.45) is 2.39. The number of aliphatic hydroxyl groups excluding tert-OH is 1. The Bertz CT molecular complexity index is 609. The van der Waals surface area contributed by atoms with Crippen LogP contribution in [0.4, 0.5) is 0 Å². The van der Waals surface area contributed by atoms with Gasteiger partial charge < -0.3 is 22.0 Å². The minimum absolute atomic E-state index is 0. The van der Waals surface area contributed by atoms with Gasteiger partial charge in [-0.15, -0.1) is 9.35 Å². The number of rotatable bonds is 16. The van der Waals surface area contributed by atoms with Crippen LogP contribution in [-0.4, -0.2) is 54.7 Å². The molecule has 0 saturated heterocycles. The van der Waals surface area contributed by atoms with Gasteiger partial charge in [0, 0.05) is 5.56 Å². The Balaban J connectivity index is 0.00000784. The van der Waals surface area contributed by atoms with Gasteiger partial charge in [-0.2, -0.15) is 0 Å². The summed E-state index contributed by atoms with van der Waals surface area (Å²) in [5.74, 6) is 0. The number of hydrogen-bond donors (Lipinski definition) is 1. The third-order valence-corrected chi connectivity index (χ3v) is 5.53. The molecule has 0 aliphatic carbocycles. The Morgan fingerprint density at radius 2 is 1.59 bits per heavy atom. The van der Waals surface area contributed by atoms with Crippen molar-refractivity contribution < 1.29 is 45.7 Å². The van der Waals surface area contributed by atoms with E-state index in [9.17, 15) is 9.67 Å². The van der Waals surface area contributed by atoms with Crippen molar-refractivity contribution in [3.05, 3.63) is 61.2 Å². The standard InChI is InChI=1S/C20H33NO6P.ClH/c1-5-14-21(15-6-2,16-19-12-10-9-11-13-19)17-20(22)18-28(23,26-24-7-3)27-25-8-4;/h5-6,9-13,20,22H,1-2,7-8,14-18H2,3-4H3;1H/q+1;/p-1. The molecule has 29 heavy (non-hydrogen) atoms. The number of nitrogens with zero attached hydrogens (tertiary/aromatic N) is 1. The van der Waals surface area contributed by atoms with E-state index in [0.717, 1.165) is 5.56 Å². The second-order valence-corrected chi connectivity index (χ2v) is 8.40. The number of hydrogen-bond acceptors (Lipinski definition) is 6. The van der Waals surface area contributed by atoms with Gasteiger partial charge in [-0.3, -0.25) is 4.57 Å². The minimum atomic E-state index is -3.77. The molecule has 1 atom stereocenters. The minimum Gasteiger partial charge on any atom is -1.00 e. The first kappa shape index (κ1) is 28.0. The van der Waals surface area contributed by atoms with E-state index in [-0.39, 0.29) is 31.8 Å². The van der Waals surface area contributed by atoms with E-state index >= 15 is 0 Å². The second-order valence-electron chi connectivity index (χ2n) is 6.52. The smallest absolute Gasteiger partial charge is 0.387 e. The summed E-state index contributed by atoms with van der Waals surface area (Å²) < 4.78 is 23.1. The Morgan fingerprint density at radius 3 is 2.03 bits per heavy atom. The van der Waals surface area contributed by atoms with Crippen molar-refractivity contribution in [2.45, 2.75) is 26.5 Å². The lowest BCUT2D eigenvalue weighted by Gasteiger charge is -2.39. The van der Waals surface area contributed by atoms with Gasteiger partial charge in [0.05, 0.1) is 32.5 Å². The Morgan fingerprint density at radius 1 is 1.07 bits per heavy atom. The first-order chi connectivity index (χ1) is 13.4. The zero-order valence-electron chi connectivity index (χ0n) is 17.2. The number of benzene rings is 1. The molecule has 9 heteroatoms. The highest BCUT2D eigenvalue weighted by Gasteiger charge is 2.36. The second kappa shape index (κ2) is 14.9. The van der Waals surface area contributed by atoms with Gasteiger partial charge in [0.1, 0.15) is 19.2 Å². The van der Waals surface area contributed by atoms with Gasteiger partial charge in [-0.05, 0) is 26.0 Å². The van der Waals surface area contributed by atoms with Crippen molar-refractivity contribution in [2.24, 2.45) is 0 Å². The average molecular weight is 450 g/mol. The average Bonchev–Trinajstić information content (AvgIpc) is 2.66. The van der Waals surface area contributed by atoms with E-state index < -0.39 is 13.7 Å². The molecule has 0 bridgehead atoms.